The van der Waals surface area contributed by atoms with Gasteiger partial charge >= 0.3 is 0 Å². The summed E-state index contributed by atoms with van der Waals surface area (Å²) in [6.07, 6.45) is 6.11. The molecule has 3 aromatic heterocycles. The quantitative estimate of drug-likeness (QED) is 0.142. The van der Waals surface area contributed by atoms with Gasteiger partial charge in [-0.1, -0.05) is 35.5 Å². The van der Waals surface area contributed by atoms with Crippen LogP contribution in [0.3, 0.4) is 0 Å². The number of aromatic nitrogens is 6. The Kier molecular flexibility index (Phi) is 6.53. The number of ether oxygens (including phenoxy) is 1. The Hall–Kier alpha value is -4.02. The van der Waals surface area contributed by atoms with E-state index in [0.29, 0.717) is 44.5 Å². The number of imidazole rings is 1. The monoisotopic (exact) mass is 518 g/mol. The summed E-state index contributed by atoms with van der Waals surface area (Å²) in [6, 6.07) is 10.1. The standard InChI is InChI=1S/C25H19ClN6O3S/c1-3-5-18(33)14-8-9-19(35-2)17(10-14)32-20(31-16-7-4-6-15(26)21(16)25(32)34)11-36-24-22-23(28-12-27-22)29-13-30-24/h3-10,12-13H,11H2,1-2H3,(H,27,28,29,30). The van der Waals surface area contributed by atoms with E-state index in [9.17, 15) is 9.59 Å². The average molecular weight is 519 g/mol. The topological polar surface area (TPSA) is 116 Å². The fraction of sp³-hybridized carbons (Fsp3) is 0.120. The number of ketones is 1. The van der Waals surface area contributed by atoms with Crippen LogP contribution in [0.5, 0.6) is 5.75 Å². The Labute approximate surface area is 214 Å². The van der Waals surface area contributed by atoms with Gasteiger partial charge in [-0.2, -0.15) is 0 Å². The van der Waals surface area contributed by atoms with Crippen LogP contribution in [-0.4, -0.2) is 42.4 Å². The minimum atomic E-state index is -0.371. The Morgan fingerprint density at radius 1 is 1.22 bits per heavy atom. The number of nitrogens with zero attached hydrogens (tertiary/aromatic N) is 5. The second kappa shape index (κ2) is 9.92. The Morgan fingerprint density at radius 2 is 2.08 bits per heavy atom. The predicted octanol–water partition coefficient (Wildman–Crippen LogP) is 4.77. The number of rotatable bonds is 7. The summed E-state index contributed by atoms with van der Waals surface area (Å²) in [4.78, 5) is 46.9. The maximum atomic E-state index is 13.9. The first-order valence-electron chi connectivity index (χ1n) is 10.8. The molecule has 0 aliphatic carbocycles. The van der Waals surface area contributed by atoms with Gasteiger partial charge in [0.15, 0.2) is 11.4 Å². The van der Waals surface area contributed by atoms with Crippen molar-refractivity contribution in [2.24, 2.45) is 0 Å². The summed E-state index contributed by atoms with van der Waals surface area (Å²) in [5.41, 5.74) is 2.12. The van der Waals surface area contributed by atoms with Gasteiger partial charge in [0.05, 0.1) is 40.8 Å². The van der Waals surface area contributed by atoms with Crippen molar-refractivity contribution in [1.29, 1.82) is 0 Å². The molecule has 0 fully saturated rings. The van der Waals surface area contributed by atoms with E-state index >= 15 is 0 Å². The van der Waals surface area contributed by atoms with Crippen LogP contribution in [-0.2, 0) is 5.75 Å². The zero-order chi connectivity index (χ0) is 25.2. The first kappa shape index (κ1) is 23.7. The molecule has 11 heteroatoms. The minimum Gasteiger partial charge on any atom is -0.495 e. The summed E-state index contributed by atoms with van der Waals surface area (Å²) in [7, 11) is 1.50. The lowest BCUT2D eigenvalue weighted by atomic mass is 10.1. The zero-order valence-corrected chi connectivity index (χ0v) is 20.8. The molecule has 0 atom stereocenters. The van der Waals surface area contributed by atoms with Gasteiger partial charge in [0.2, 0.25) is 0 Å². The van der Waals surface area contributed by atoms with Crippen LogP contribution in [0.1, 0.15) is 23.1 Å². The van der Waals surface area contributed by atoms with Crippen molar-refractivity contribution in [3.05, 3.63) is 88.0 Å². The van der Waals surface area contributed by atoms with Gasteiger partial charge in [-0.3, -0.25) is 14.2 Å². The average Bonchev–Trinajstić information content (AvgIpc) is 3.37. The maximum absolute atomic E-state index is 13.9. The Morgan fingerprint density at radius 3 is 2.89 bits per heavy atom. The van der Waals surface area contributed by atoms with E-state index < -0.39 is 0 Å². The van der Waals surface area contributed by atoms with Gasteiger partial charge in [-0.25, -0.2) is 19.9 Å². The number of aromatic amines is 1. The molecule has 1 N–H and O–H groups in total. The molecular formula is C25H19ClN6O3S. The molecule has 36 heavy (non-hydrogen) atoms. The van der Waals surface area contributed by atoms with Crippen molar-refractivity contribution >= 4 is 51.2 Å². The van der Waals surface area contributed by atoms with Crippen LogP contribution >= 0.6 is 23.4 Å². The highest BCUT2D eigenvalue weighted by molar-refractivity contribution is 7.98. The predicted molar refractivity (Wildman–Crippen MR) is 139 cm³/mol. The second-order valence-corrected chi connectivity index (χ2v) is 8.99. The number of carbonyl (C=O) groups excluding carboxylic acids is 1. The molecule has 0 amide bonds. The number of carbonyl (C=O) groups is 1. The molecule has 0 saturated carbocycles. The lowest BCUT2D eigenvalue weighted by molar-refractivity contribution is 0.104. The minimum absolute atomic E-state index is 0.195. The molecule has 0 spiro atoms. The number of fused-ring (bicyclic) bond motifs is 2. The molecule has 2 aromatic carbocycles. The molecule has 0 unspecified atom stereocenters. The van der Waals surface area contributed by atoms with Crippen LogP contribution in [0.15, 0.2) is 71.0 Å². The van der Waals surface area contributed by atoms with Crippen molar-refractivity contribution in [3.63, 3.8) is 0 Å². The van der Waals surface area contributed by atoms with E-state index in [-0.39, 0.29) is 27.5 Å². The summed E-state index contributed by atoms with van der Waals surface area (Å²) in [5, 5.41) is 1.22. The van der Waals surface area contributed by atoms with Crippen LogP contribution in [0.2, 0.25) is 5.02 Å². The smallest absolute Gasteiger partial charge is 0.267 e. The number of hydrogen-bond acceptors (Lipinski definition) is 8. The van der Waals surface area contributed by atoms with Gasteiger partial charge in [-0.05, 0) is 43.3 Å². The molecule has 9 nitrogen and oxygen atoms in total. The first-order chi connectivity index (χ1) is 17.5. The highest BCUT2D eigenvalue weighted by Crippen LogP contribution is 2.30. The third kappa shape index (κ3) is 4.25. The lowest BCUT2D eigenvalue weighted by Crippen LogP contribution is -2.24. The normalized spacial score (nSPS) is 11.5. The number of allylic oxidation sites excluding steroid dienone is 2. The van der Waals surface area contributed by atoms with E-state index in [1.54, 1.807) is 55.7 Å². The van der Waals surface area contributed by atoms with Crippen LogP contribution in [0.25, 0.3) is 27.8 Å². The number of halogens is 1. The van der Waals surface area contributed by atoms with E-state index in [0.717, 1.165) is 0 Å². The fourth-order valence-corrected chi connectivity index (χ4v) is 4.96. The summed E-state index contributed by atoms with van der Waals surface area (Å²) >= 11 is 7.79. The lowest BCUT2D eigenvalue weighted by Gasteiger charge is -2.17. The van der Waals surface area contributed by atoms with Crippen LogP contribution < -0.4 is 10.3 Å². The number of thioether (sulfide) groups is 1. The molecule has 5 aromatic rings. The number of benzene rings is 2. The van der Waals surface area contributed by atoms with E-state index in [1.165, 1.54) is 35.8 Å². The SMILES string of the molecule is CC=CC(=O)c1ccc(OC)c(-n2c(CSc3ncnc4nc[nH]c34)nc3cccc(Cl)c3c2=O)c1. The van der Waals surface area contributed by atoms with Crippen molar-refractivity contribution in [2.45, 2.75) is 17.7 Å². The molecule has 5 rings (SSSR count). The van der Waals surface area contributed by atoms with E-state index in [4.69, 9.17) is 21.3 Å². The Balaban J connectivity index is 1.72. The van der Waals surface area contributed by atoms with Crippen molar-refractivity contribution in [1.82, 2.24) is 29.5 Å². The maximum Gasteiger partial charge on any atom is 0.267 e. The largest absolute Gasteiger partial charge is 0.495 e. The highest BCUT2D eigenvalue weighted by atomic mass is 35.5. The van der Waals surface area contributed by atoms with Crippen LogP contribution in [0.4, 0.5) is 0 Å². The first-order valence-corrected chi connectivity index (χ1v) is 12.2. The molecule has 0 bridgehead atoms. The van der Waals surface area contributed by atoms with Gasteiger partial charge in [-0.15, -0.1) is 0 Å². The van der Waals surface area contributed by atoms with Crippen molar-refractivity contribution < 1.29 is 9.53 Å². The molecule has 3 heterocycles. The summed E-state index contributed by atoms with van der Waals surface area (Å²) < 4.78 is 7.01. The van der Waals surface area contributed by atoms with Crippen molar-refractivity contribution in [2.75, 3.05) is 7.11 Å². The molecule has 180 valence electrons. The molecule has 0 aliphatic rings. The Bertz CT molecular complexity index is 1710. The second-order valence-electron chi connectivity index (χ2n) is 7.62. The molecule has 0 radical (unpaired) electrons. The third-order valence-electron chi connectivity index (χ3n) is 5.46. The van der Waals surface area contributed by atoms with Gasteiger partial charge in [0.25, 0.3) is 5.56 Å². The zero-order valence-electron chi connectivity index (χ0n) is 19.2. The summed E-state index contributed by atoms with van der Waals surface area (Å²) in [6.45, 7) is 1.77. The highest BCUT2D eigenvalue weighted by Gasteiger charge is 2.20. The number of H-pyrrole nitrogens is 1. The molecular weight excluding hydrogens is 500 g/mol. The number of methoxy groups -OCH3 is 1. The van der Waals surface area contributed by atoms with Crippen LogP contribution in [0, 0.1) is 0 Å². The number of nitrogens with one attached hydrogen (secondary N) is 1. The van der Waals surface area contributed by atoms with Gasteiger partial charge in [0.1, 0.15) is 28.4 Å². The van der Waals surface area contributed by atoms with Gasteiger partial charge in [0, 0.05) is 5.56 Å². The fourth-order valence-electron chi connectivity index (χ4n) is 3.83. The van der Waals surface area contributed by atoms with Crippen molar-refractivity contribution in [3.8, 4) is 11.4 Å². The number of hydrogen-bond donors (Lipinski definition) is 1. The molecule has 0 aliphatic heterocycles. The van der Waals surface area contributed by atoms with E-state index in [2.05, 4.69) is 19.9 Å². The summed E-state index contributed by atoms with van der Waals surface area (Å²) in [5.74, 6) is 0.922. The van der Waals surface area contributed by atoms with E-state index in [1.807, 2.05) is 0 Å². The molecule has 0 saturated heterocycles. The third-order valence-corrected chi connectivity index (χ3v) is 6.77. The van der Waals surface area contributed by atoms with Gasteiger partial charge < -0.3 is 9.72 Å².